The van der Waals surface area contributed by atoms with Gasteiger partial charge in [0.05, 0.1) is 0 Å². The molecule has 0 saturated heterocycles. The fraction of sp³-hybridized carbons (Fsp3) is 0.417. The maximum Gasteiger partial charge on any atom is 0.345 e. The van der Waals surface area contributed by atoms with Crippen LogP contribution in [0.5, 0.6) is 5.75 Å². The van der Waals surface area contributed by atoms with Crippen molar-refractivity contribution in [3.8, 4) is 5.75 Å². The second kappa shape index (κ2) is 4.45. The molecule has 1 N–H and O–H groups in total. The Labute approximate surface area is 103 Å². The van der Waals surface area contributed by atoms with Crippen LogP contribution in [-0.4, -0.2) is 17.2 Å². The van der Waals surface area contributed by atoms with E-state index in [-0.39, 0.29) is 5.92 Å². The molecular formula is C12H13BrO3. The minimum absolute atomic E-state index is 0.177. The topological polar surface area (TPSA) is 46.5 Å². The van der Waals surface area contributed by atoms with E-state index < -0.39 is 12.1 Å². The van der Waals surface area contributed by atoms with Gasteiger partial charge in [0, 0.05) is 10.4 Å². The summed E-state index contributed by atoms with van der Waals surface area (Å²) < 4.78 is 6.48. The van der Waals surface area contributed by atoms with Crippen LogP contribution < -0.4 is 4.74 Å². The first-order chi connectivity index (χ1) is 7.58. The molecule has 1 aromatic rings. The third kappa shape index (κ3) is 2.55. The lowest BCUT2D eigenvalue weighted by atomic mass is 10.2. The Hall–Kier alpha value is -1.03. The average molecular weight is 285 g/mol. The first kappa shape index (κ1) is 11.5. The van der Waals surface area contributed by atoms with E-state index in [0.717, 1.165) is 22.9 Å². The van der Waals surface area contributed by atoms with Crippen molar-refractivity contribution in [2.24, 2.45) is 5.92 Å². The van der Waals surface area contributed by atoms with Crippen molar-refractivity contribution >= 4 is 21.9 Å². The largest absolute Gasteiger partial charge is 0.478 e. The molecule has 2 rings (SSSR count). The van der Waals surface area contributed by atoms with Gasteiger partial charge in [0.15, 0.2) is 6.10 Å². The maximum absolute atomic E-state index is 11.0. The number of carboxylic acid groups (broad SMARTS) is 1. The van der Waals surface area contributed by atoms with E-state index in [1.165, 1.54) is 0 Å². The van der Waals surface area contributed by atoms with Gasteiger partial charge in [0.2, 0.25) is 0 Å². The Kier molecular flexibility index (Phi) is 3.19. The molecule has 4 heteroatoms. The van der Waals surface area contributed by atoms with E-state index in [1.54, 1.807) is 0 Å². The standard InChI is InChI=1S/C12H13BrO3/c1-7-2-5-9(13)6-10(7)16-11(12(14)15)8-3-4-8/h2,5-6,8,11H,3-4H2,1H3,(H,14,15). The fourth-order valence-corrected chi connectivity index (χ4v) is 1.93. The highest BCUT2D eigenvalue weighted by Gasteiger charge is 2.38. The van der Waals surface area contributed by atoms with Crippen LogP contribution in [0.1, 0.15) is 18.4 Å². The van der Waals surface area contributed by atoms with Crippen molar-refractivity contribution in [3.05, 3.63) is 28.2 Å². The molecule has 1 fully saturated rings. The number of carboxylic acids is 1. The van der Waals surface area contributed by atoms with E-state index in [2.05, 4.69) is 15.9 Å². The molecule has 0 spiro atoms. The summed E-state index contributed by atoms with van der Waals surface area (Å²) in [6.07, 6.45) is 1.20. The van der Waals surface area contributed by atoms with Gasteiger partial charge < -0.3 is 9.84 Å². The van der Waals surface area contributed by atoms with Gasteiger partial charge in [-0.3, -0.25) is 0 Å². The van der Waals surface area contributed by atoms with Crippen LogP contribution in [-0.2, 0) is 4.79 Å². The lowest BCUT2D eigenvalue weighted by Crippen LogP contribution is -2.29. The van der Waals surface area contributed by atoms with Crippen LogP contribution in [0.2, 0.25) is 0 Å². The Bertz CT molecular complexity index is 413. The number of aliphatic carboxylic acids is 1. The Morgan fingerprint density at radius 1 is 1.56 bits per heavy atom. The average Bonchev–Trinajstić information content (AvgIpc) is 3.02. The zero-order chi connectivity index (χ0) is 11.7. The van der Waals surface area contributed by atoms with Crippen LogP contribution >= 0.6 is 15.9 Å². The monoisotopic (exact) mass is 284 g/mol. The van der Waals surface area contributed by atoms with Gasteiger partial charge in [-0.15, -0.1) is 0 Å². The molecule has 0 bridgehead atoms. The molecule has 0 aromatic heterocycles. The molecule has 0 heterocycles. The molecule has 1 saturated carbocycles. The number of carbonyl (C=O) groups is 1. The Balaban J connectivity index is 2.17. The Morgan fingerprint density at radius 3 is 2.81 bits per heavy atom. The maximum atomic E-state index is 11.0. The molecule has 1 unspecified atom stereocenters. The van der Waals surface area contributed by atoms with Gasteiger partial charge >= 0.3 is 5.97 Å². The zero-order valence-corrected chi connectivity index (χ0v) is 10.5. The van der Waals surface area contributed by atoms with Gasteiger partial charge in [-0.1, -0.05) is 22.0 Å². The van der Waals surface area contributed by atoms with Crippen LogP contribution in [0, 0.1) is 12.8 Å². The number of benzene rings is 1. The van der Waals surface area contributed by atoms with Gasteiger partial charge in [0.25, 0.3) is 0 Å². The van der Waals surface area contributed by atoms with Crippen LogP contribution in [0.3, 0.4) is 0 Å². The Morgan fingerprint density at radius 2 is 2.25 bits per heavy atom. The summed E-state index contributed by atoms with van der Waals surface area (Å²) in [5.74, 6) is -0.0496. The number of halogens is 1. The third-order valence-corrected chi connectivity index (χ3v) is 3.19. The number of hydrogen-bond acceptors (Lipinski definition) is 2. The number of aryl methyl sites for hydroxylation is 1. The highest BCUT2D eigenvalue weighted by Crippen LogP contribution is 2.36. The quantitative estimate of drug-likeness (QED) is 0.925. The zero-order valence-electron chi connectivity index (χ0n) is 8.94. The second-order valence-electron chi connectivity index (χ2n) is 4.12. The van der Waals surface area contributed by atoms with E-state index in [1.807, 2.05) is 25.1 Å². The summed E-state index contributed by atoms with van der Waals surface area (Å²) in [5.41, 5.74) is 0.954. The van der Waals surface area contributed by atoms with Gasteiger partial charge in [0.1, 0.15) is 5.75 Å². The predicted octanol–water partition coefficient (Wildman–Crippen LogP) is 3.00. The fourth-order valence-electron chi connectivity index (χ4n) is 1.58. The van der Waals surface area contributed by atoms with E-state index in [4.69, 9.17) is 9.84 Å². The van der Waals surface area contributed by atoms with Crippen molar-refractivity contribution in [2.75, 3.05) is 0 Å². The normalized spacial score (nSPS) is 16.9. The number of ether oxygens (including phenoxy) is 1. The summed E-state index contributed by atoms with van der Waals surface area (Å²) in [6.45, 7) is 1.91. The summed E-state index contributed by atoms with van der Waals surface area (Å²) in [4.78, 5) is 11.0. The molecule has 16 heavy (non-hydrogen) atoms. The van der Waals surface area contributed by atoms with Crippen molar-refractivity contribution in [1.29, 1.82) is 0 Å². The smallest absolute Gasteiger partial charge is 0.345 e. The minimum atomic E-state index is -0.873. The molecule has 1 atom stereocenters. The first-order valence-corrected chi connectivity index (χ1v) is 6.03. The highest BCUT2D eigenvalue weighted by molar-refractivity contribution is 9.10. The van der Waals surface area contributed by atoms with E-state index in [0.29, 0.717) is 5.75 Å². The van der Waals surface area contributed by atoms with Gasteiger partial charge in [-0.2, -0.15) is 0 Å². The van der Waals surface area contributed by atoms with Crippen molar-refractivity contribution < 1.29 is 14.6 Å². The van der Waals surface area contributed by atoms with Crippen molar-refractivity contribution in [1.82, 2.24) is 0 Å². The predicted molar refractivity (Wildman–Crippen MR) is 63.7 cm³/mol. The summed E-state index contributed by atoms with van der Waals surface area (Å²) in [5, 5.41) is 9.07. The minimum Gasteiger partial charge on any atom is -0.478 e. The lowest BCUT2D eigenvalue weighted by Gasteiger charge is -2.16. The highest BCUT2D eigenvalue weighted by atomic mass is 79.9. The van der Waals surface area contributed by atoms with Crippen molar-refractivity contribution in [2.45, 2.75) is 25.9 Å². The van der Waals surface area contributed by atoms with E-state index >= 15 is 0 Å². The first-order valence-electron chi connectivity index (χ1n) is 5.23. The molecule has 1 aliphatic rings. The van der Waals surface area contributed by atoms with Gasteiger partial charge in [-0.05, 0) is 37.5 Å². The van der Waals surface area contributed by atoms with Crippen LogP contribution in [0.4, 0.5) is 0 Å². The van der Waals surface area contributed by atoms with Crippen LogP contribution in [0.25, 0.3) is 0 Å². The molecule has 1 aliphatic carbocycles. The molecule has 3 nitrogen and oxygen atoms in total. The van der Waals surface area contributed by atoms with Gasteiger partial charge in [-0.25, -0.2) is 4.79 Å². The van der Waals surface area contributed by atoms with Crippen molar-refractivity contribution in [3.63, 3.8) is 0 Å². The number of hydrogen-bond donors (Lipinski definition) is 1. The number of rotatable bonds is 4. The summed E-state index contributed by atoms with van der Waals surface area (Å²) >= 11 is 3.35. The van der Waals surface area contributed by atoms with Crippen LogP contribution in [0.15, 0.2) is 22.7 Å². The SMILES string of the molecule is Cc1ccc(Br)cc1OC(C(=O)O)C1CC1. The molecule has 0 amide bonds. The third-order valence-electron chi connectivity index (χ3n) is 2.70. The lowest BCUT2D eigenvalue weighted by molar-refractivity contribution is -0.146. The second-order valence-corrected chi connectivity index (χ2v) is 5.04. The molecular weight excluding hydrogens is 272 g/mol. The molecule has 0 radical (unpaired) electrons. The molecule has 86 valence electrons. The molecule has 0 aliphatic heterocycles. The molecule has 1 aromatic carbocycles. The summed E-state index contributed by atoms with van der Waals surface area (Å²) in [7, 11) is 0. The summed E-state index contributed by atoms with van der Waals surface area (Å²) in [6, 6.07) is 5.63. The van der Waals surface area contributed by atoms with E-state index in [9.17, 15) is 4.79 Å².